The highest BCUT2D eigenvalue weighted by Crippen LogP contribution is 2.39. The molecule has 1 aromatic carbocycles. The summed E-state index contributed by atoms with van der Waals surface area (Å²) in [5, 5.41) is 0. The maximum Gasteiger partial charge on any atom is 0.321 e. The van der Waals surface area contributed by atoms with Crippen LogP contribution in [0.2, 0.25) is 0 Å². The molecule has 6 heteroatoms. The third-order valence-electron chi connectivity index (χ3n) is 2.78. The molecule has 0 aromatic heterocycles. The lowest BCUT2D eigenvalue weighted by molar-refractivity contribution is -0.137. The summed E-state index contributed by atoms with van der Waals surface area (Å²) >= 11 is 0. The average molecular weight is 256 g/mol. The van der Waals surface area contributed by atoms with Crippen molar-refractivity contribution in [3.05, 3.63) is 29.3 Å². The summed E-state index contributed by atoms with van der Waals surface area (Å²) in [6, 6.07) is 4.64. The number of hydrogen-bond donors (Lipinski definition) is 1. The van der Waals surface area contributed by atoms with Crippen LogP contribution in [0, 0.1) is 0 Å². The van der Waals surface area contributed by atoms with Gasteiger partial charge in [0.15, 0.2) is 0 Å². The fourth-order valence-corrected chi connectivity index (χ4v) is 2.39. The number of hydrogen-bond acceptors (Lipinski definition) is 4. The zero-order valence-electron chi connectivity index (χ0n) is 9.43. The molecule has 1 N–H and O–H groups in total. The summed E-state index contributed by atoms with van der Waals surface area (Å²) in [7, 11) is -4.07. The van der Waals surface area contributed by atoms with Gasteiger partial charge in [0.1, 0.15) is 11.5 Å². The quantitative estimate of drug-likeness (QED) is 0.489. The van der Waals surface area contributed by atoms with Crippen LogP contribution in [0.5, 0.6) is 5.75 Å². The highest BCUT2D eigenvalue weighted by atomic mass is 32.2. The Morgan fingerprint density at radius 2 is 2.00 bits per heavy atom. The molecule has 0 saturated carbocycles. The van der Waals surface area contributed by atoms with Crippen molar-refractivity contribution < 1.29 is 22.5 Å². The fraction of sp³-hybridized carbons (Fsp3) is 0.364. The lowest BCUT2D eigenvalue weighted by Crippen LogP contribution is -2.26. The molecule has 0 amide bonds. The van der Waals surface area contributed by atoms with Gasteiger partial charge in [0, 0.05) is 5.56 Å². The van der Waals surface area contributed by atoms with Crippen LogP contribution in [-0.2, 0) is 26.1 Å². The molecule has 1 aliphatic rings. The number of esters is 1. The smallest absolute Gasteiger partial charge is 0.321 e. The first-order valence-corrected chi connectivity index (χ1v) is 6.62. The van der Waals surface area contributed by atoms with Gasteiger partial charge >= 0.3 is 5.97 Å². The Morgan fingerprint density at radius 1 is 1.35 bits per heavy atom. The van der Waals surface area contributed by atoms with Crippen LogP contribution in [0.25, 0.3) is 0 Å². The van der Waals surface area contributed by atoms with Crippen LogP contribution < -0.4 is 4.74 Å². The van der Waals surface area contributed by atoms with Gasteiger partial charge in [0.25, 0.3) is 10.1 Å². The highest BCUT2D eigenvalue weighted by Gasteiger charge is 2.41. The topological polar surface area (TPSA) is 80.7 Å². The van der Waals surface area contributed by atoms with Crippen LogP contribution in [0.1, 0.15) is 25.0 Å². The Bertz CT molecular complexity index is 586. The summed E-state index contributed by atoms with van der Waals surface area (Å²) in [5.74, 6) is -0.388. The molecule has 5 nitrogen and oxygen atoms in total. The SMILES string of the molecule is CC1(C)C(=O)Oc2ccc(CS(=O)(=O)O)cc21. The van der Waals surface area contributed by atoms with Gasteiger partial charge in [-0.3, -0.25) is 9.35 Å². The molecule has 1 aliphatic heterocycles. The van der Waals surface area contributed by atoms with E-state index in [9.17, 15) is 13.2 Å². The standard InChI is InChI=1S/C11H12O5S/c1-11(2)8-5-7(6-17(13,14)15)3-4-9(8)16-10(11)12/h3-5H,6H2,1-2H3,(H,13,14,15). The van der Waals surface area contributed by atoms with Gasteiger partial charge in [-0.1, -0.05) is 6.07 Å². The van der Waals surface area contributed by atoms with Crippen molar-refractivity contribution in [1.29, 1.82) is 0 Å². The molecule has 1 aromatic rings. The first-order chi connectivity index (χ1) is 7.70. The predicted molar refractivity (Wildman–Crippen MR) is 60.4 cm³/mol. The van der Waals surface area contributed by atoms with E-state index in [1.165, 1.54) is 6.07 Å². The maximum absolute atomic E-state index is 11.6. The van der Waals surface area contributed by atoms with Crippen molar-refractivity contribution in [3.8, 4) is 5.75 Å². The van der Waals surface area contributed by atoms with E-state index >= 15 is 0 Å². The molecule has 92 valence electrons. The Kier molecular flexibility index (Phi) is 2.52. The van der Waals surface area contributed by atoms with E-state index < -0.39 is 21.3 Å². The Morgan fingerprint density at radius 3 is 2.59 bits per heavy atom. The second-order valence-electron chi connectivity index (χ2n) is 4.57. The molecule has 0 spiro atoms. The maximum atomic E-state index is 11.6. The zero-order valence-corrected chi connectivity index (χ0v) is 10.2. The lowest BCUT2D eigenvalue weighted by Gasteiger charge is -2.13. The van der Waals surface area contributed by atoms with Gasteiger partial charge < -0.3 is 4.74 Å². The third-order valence-corrected chi connectivity index (χ3v) is 3.48. The Hall–Kier alpha value is -1.40. The molecule has 0 atom stereocenters. The number of rotatable bonds is 2. The van der Waals surface area contributed by atoms with E-state index in [0.717, 1.165) is 0 Å². The van der Waals surface area contributed by atoms with Crippen LogP contribution in [0.15, 0.2) is 18.2 Å². The molecule has 0 unspecified atom stereocenters. The first kappa shape index (κ1) is 12.1. The van der Waals surface area contributed by atoms with Crippen LogP contribution in [-0.4, -0.2) is 18.9 Å². The second-order valence-corrected chi connectivity index (χ2v) is 6.02. The zero-order chi connectivity index (χ0) is 12.8. The highest BCUT2D eigenvalue weighted by molar-refractivity contribution is 7.85. The Balaban J connectivity index is 2.46. The molecule has 0 radical (unpaired) electrons. The molecule has 0 bridgehead atoms. The lowest BCUT2D eigenvalue weighted by atomic mass is 9.85. The van der Waals surface area contributed by atoms with Crippen molar-refractivity contribution in [3.63, 3.8) is 0 Å². The van der Waals surface area contributed by atoms with E-state index in [-0.39, 0.29) is 5.97 Å². The van der Waals surface area contributed by atoms with E-state index in [4.69, 9.17) is 9.29 Å². The van der Waals surface area contributed by atoms with Gasteiger partial charge in [0.05, 0.1) is 5.41 Å². The number of carbonyl (C=O) groups is 1. The van der Waals surface area contributed by atoms with E-state index in [1.54, 1.807) is 26.0 Å². The molecule has 0 aliphatic carbocycles. The van der Waals surface area contributed by atoms with E-state index in [1.807, 2.05) is 0 Å². The van der Waals surface area contributed by atoms with E-state index in [2.05, 4.69) is 0 Å². The summed E-state index contributed by atoms with van der Waals surface area (Å²) in [5.41, 5.74) is 0.283. The molecular formula is C11H12O5S. The molecule has 0 fully saturated rings. The minimum Gasteiger partial charge on any atom is -0.426 e. The minimum atomic E-state index is -4.07. The third kappa shape index (κ3) is 2.18. The molecular weight excluding hydrogens is 244 g/mol. The van der Waals surface area contributed by atoms with Crippen molar-refractivity contribution in [2.24, 2.45) is 0 Å². The molecule has 1 heterocycles. The van der Waals surface area contributed by atoms with Crippen molar-refractivity contribution in [2.45, 2.75) is 25.0 Å². The van der Waals surface area contributed by atoms with Crippen molar-refractivity contribution >= 4 is 16.1 Å². The minimum absolute atomic E-state index is 0.364. The van der Waals surface area contributed by atoms with Gasteiger partial charge in [-0.05, 0) is 31.5 Å². The number of benzene rings is 1. The van der Waals surface area contributed by atoms with Gasteiger partial charge in [0.2, 0.25) is 0 Å². The summed E-state index contributed by atoms with van der Waals surface area (Å²) in [4.78, 5) is 11.6. The van der Waals surface area contributed by atoms with Gasteiger partial charge in [-0.15, -0.1) is 0 Å². The van der Waals surface area contributed by atoms with Gasteiger partial charge in [-0.2, -0.15) is 8.42 Å². The molecule has 17 heavy (non-hydrogen) atoms. The van der Waals surface area contributed by atoms with Crippen LogP contribution in [0.4, 0.5) is 0 Å². The fourth-order valence-electron chi connectivity index (χ4n) is 1.79. The molecule has 2 rings (SSSR count). The van der Waals surface area contributed by atoms with Crippen LogP contribution >= 0.6 is 0 Å². The largest absolute Gasteiger partial charge is 0.426 e. The monoisotopic (exact) mass is 256 g/mol. The predicted octanol–water partition coefficient (Wildman–Crippen LogP) is 1.27. The number of fused-ring (bicyclic) bond motifs is 1. The van der Waals surface area contributed by atoms with E-state index in [0.29, 0.717) is 16.9 Å². The number of ether oxygens (including phenoxy) is 1. The second kappa shape index (κ2) is 3.54. The summed E-state index contributed by atoms with van der Waals surface area (Å²) in [6.45, 7) is 3.41. The van der Waals surface area contributed by atoms with Gasteiger partial charge in [-0.25, -0.2) is 0 Å². The average Bonchev–Trinajstić information content (AvgIpc) is 2.37. The van der Waals surface area contributed by atoms with Crippen molar-refractivity contribution in [1.82, 2.24) is 0 Å². The van der Waals surface area contributed by atoms with Crippen LogP contribution in [0.3, 0.4) is 0 Å². The normalized spacial score (nSPS) is 17.7. The summed E-state index contributed by atoms with van der Waals surface area (Å²) < 4.78 is 35.4. The Labute approximate surface area is 99.2 Å². The first-order valence-electron chi connectivity index (χ1n) is 5.01. The summed E-state index contributed by atoms with van der Waals surface area (Å²) in [6.07, 6.45) is 0. The van der Waals surface area contributed by atoms with Crippen molar-refractivity contribution in [2.75, 3.05) is 0 Å². The molecule has 0 saturated heterocycles. The number of carbonyl (C=O) groups excluding carboxylic acids is 1.